The molecule has 0 bridgehead atoms. The largest absolute Gasteiger partial charge is 0.303 e. The Morgan fingerprint density at radius 1 is 1.42 bits per heavy atom. The number of hydrogen-bond acceptors (Lipinski definition) is 3. The summed E-state index contributed by atoms with van der Waals surface area (Å²) < 4.78 is 1.53. The molecule has 0 saturated carbocycles. The number of hydrogen-bond donors (Lipinski definition) is 1. The van der Waals surface area contributed by atoms with Gasteiger partial charge in [0.25, 0.3) is 0 Å². The zero-order valence-corrected chi connectivity index (χ0v) is 11.3. The van der Waals surface area contributed by atoms with Crippen LogP contribution < -0.4 is 5.32 Å². The van der Waals surface area contributed by atoms with Crippen molar-refractivity contribution in [1.82, 2.24) is 15.1 Å². The van der Waals surface area contributed by atoms with Gasteiger partial charge >= 0.3 is 0 Å². The third kappa shape index (κ3) is 2.17. The zero-order chi connectivity index (χ0) is 13.4. The van der Waals surface area contributed by atoms with Crippen molar-refractivity contribution in [2.45, 2.75) is 19.0 Å². The number of aryl methyl sites for hydroxylation is 1. The van der Waals surface area contributed by atoms with Gasteiger partial charge in [-0.25, -0.2) is 0 Å². The number of ketones is 1. The van der Waals surface area contributed by atoms with Crippen molar-refractivity contribution in [3.63, 3.8) is 0 Å². The summed E-state index contributed by atoms with van der Waals surface area (Å²) in [6.45, 7) is 0.710. The first-order valence-corrected chi connectivity index (χ1v) is 6.56. The summed E-state index contributed by atoms with van der Waals surface area (Å²) >= 11 is 6.03. The zero-order valence-electron chi connectivity index (χ0n) is 10.6. The third-order valence-electron chi connectivity index (χ3n) is 3.53. The summed E-state index contributed by atoms with van der Waals surface area (Å²) in [6, 6.07) is 7.94. The predicted octanol–water partition coefficient (Wildman–Crippen LogP) is 1.97. The lowest BCUT2D eigenvalue weighted by Crippen LogP contribution is -2.42. The van der Waals surface area contributed by atoms with Crippen LogP contribution in [-0.4, -0.2) is 21.6 Å². The van der Waals surface area contributed by atoms with Gasteiger partial charge < -0.3 is 5.32 Å². The molecule has 1 aromatic carbocycles. The molecular weight excluding hydrogens is 262 g/mol. The fourth-order valence-corrected chi connectivity index (χ4v) is 2.75. The molecule has 0 spiro atoms. The molecule has 1 aromatic heterocycles. The Labute approximate surface area is 116 Å². The molecular formula is C14H14ClN3O. The van der Waals surface area contributed by atoms with E-state index in [1.165, 1.54) is 22.0 Å². The minimum absolute atomic E-state index is 0.000460. The molecule has 19 heavy (non-hydrogen) atoms. The molecule has 0 amide bonds. The Kier molecular flexibility index (Phi) is 3.12. The number of nitrogens with zero attached hydrogens (tertiary/aromatic N) is 2. The van der Waals surface area contributed by atoms with E-state index in [9.17, 15) is 4.79 Å². The normalized spacial score (nSPS) is 18.1. The van der Waals surface area contributed by atoms with E-state index >= 15 is 0 Å². The van der Waals surface area contributed by atoms with Gasteiger partial charge in [-0.2, -0.15) is 5.10 Å². The number of rotatable bonds is 2. The number of carbonyl (C=O) groups excluding carboxylic acids is 1. The van der Waals surface area contributed by atoms with Crippen molar-refractivity contribution in [2.75, 3.05) is 0 Å². The van der Waals surface area contributed by atoms with Crippen molar-refractivity contribution >= 4 is 17.4 Å². The van der Waals surface area contributed by atoms with Gasteiger partial charge in [0, 0.05) is 13.6 Å². The molecule has 2 aromatic rings. The van der Waals surface area contributed by atoms with E-state index in [2.05, 4.69) is 22.5 Å². The molecule has 0 fully saturated rings. The molecule has 3 rings (SSSR count). The lowest BCUT2D eigenvalue weighted by Gasteiger charge is -2.25. The maximum Gasteiger partial charge on any atom is 0.199 e. The quantitative estimate of drug-likeness (QED) is 0.853. The van der Waals surface area contributed by atoms with Crippen molar-refractivity contribution in [3.05, 3.63) is 52.3 Å². The Morgan fingerprint density at radius 2 is 2.16 bits per heavy atom. The Balaban J connectivity index is 1.88. The van der Waals surface area contributed by atoms with Gasteiger partial charge in [0.2, 0.25) is 0 Å². The maximum absolute atomic E-state index is 12.5. The van der Waals surface area contributed by atoms with Gasteiger partial charge in [-0.3, -0.25) is 9.48 Å². The highest BCUT2D eigenvalue weighted by Gasteiger charge is 2.28. The Hall–Kier alpha value is -1.65. The summed E-state index contributed by atoms with van der Waals surface area (Å²) in [5, 5.41) is 7.69. The summed E-state index contributed by atoms with van der Waals surface area (Å²) in [5.74, 6) is -0.000460. The van der Waals surface area contributed by atoms with Crippen LogP contribution in [0.1, 0.15) is 21.6 Å². The first kappa shape index (κ1) is 12.4. The van der Waals surface area contributed by atoms with Crippen LogP contribution in [0.5, 0.6) is 0 Å². The molecule has 1 aliphatic heterocycles. The van der Waals surface area contributed by atoms with Crippen LogP contribution in [0.2, 0.25) is 5.02 Å². The molecule has 1 atom stereocenters. The van der Waals surface area contributed by atoms with E-state index in [1.54, 1.807) is 7.05 Å². The number of fused-ring (bicyclic) bond motifs is 1. The van der Waals surface area contributed by atoms with Crippen molar-refractivity contribution in [3.8, 4) is 0 Å². The van der Waals surface area contributed by atoms with Gasteiger partial charge in [-0.15, -0.1) is 0 Å². The highest BCUT2D eigenvalue weighted by Crippen LogP contribution is 2.21. The van der Waals surface area contributed by atoms with Crippen LogP contribution in [0, 0.1) is 0 Å². The predicted molar refractivity (Wildman–Crippen MR) is 73.3 cm³/mol. The number of carbonyl (C=O) groups is 1. The molecule has 98 valence electrons. The van der Waals surface area contributed by atoms with Crippen LogP contribution in [0.3, 0.4) is 0 Å². The first-order chi connectivity index (χ1) is 9.16. The van der Waals surface area contributed by atoms with E-state index in [1.807, 2.05) is 12.1 Å². The van der Waals surface area contributed by atoms with Crippen LogP contribution >= 0.6 is 11.6 Å². The maximum atomic E-state index is 12.5. The lowest BCUT2D eigenvalue weighted by molar-refractivity contribution is 0.0928. The van der Waals surface area contributed by atoms with Gasteiger partial charge in [-0.05, 0) is 17.5 Å². The average molecular weight is 276 g/mol. The Bertz CT molecular complexity index is 616. The number of aromatic nitrogens is 2. The number of Topliss-reactive ketones (excluding diaryl/α,β-unsaturated/α-hetero) is 1. The third-order valence-corrected chi connectivity index (χ3v) is 3.80. The summed E-state index contributed by atoms with van der Waals surface area (Å²) in [7, 11) is 1.73. The van der Waals surface area contributed by atoms with Crippen LogP contribution in [0.15, 0.2) is 30.5 Å². The monoisotopic (exact) mass is 275 g/mol. The van der Waals surface area contributed by atoms with Gasteiger partial charge in [0.1, 0.15) is 5.69 Å². The summed E-state index contributed by atoms with van der Waals surface area (Å²) in [6.07, 6.45) is 2.20. The topological polar surface area (TPSA) is 46.9 Å². The smallest absolute Gasteiger partial charge is 0.199 e. The Morgan fingerprint density at radius 3 is 2.84 bits per heavy atom. The first-order valence-electron chi connectivity index (χ1n) is 6.18. The van der Waals surface area contributed by atoms with E-state index in [0.29, 0.717) is 23.7 Å². The van der Waals surface area contributed by atoms with Gasteiger partial charge in [0.05, 0.1) is 17.3 Å². The van der Waals surface area contributed by atoms with Crippen molar-refractivity contribution < 1.29 is 4.79 Å². The van der Waals surface area contributed by atoms with Crippen molar-refractivity contribution in [2.24, 2.45) is 7.05 Å². The second-order valence-corrected chi connectivity index (χ2v) is 5.14. The molecule has 1 N–H and O–H groups in total. The van der Waals surface area contributed by atoms with Gasteiger partial charge in [-0.1, -0.05) is 35.9 Å². The number of nitrogens with one attached hydrogen (secondary N) is 1. The summed E-state index contributed by atoms with van der Waals surface area (Å²) in [4.78, 5) is 12.5. The fourth-order valence-electron chi connectivity index (χ4n) is 2.49. The number of halogens is 1. The molecule has 1 aliphatic rings. The van der Waals surface area contributed by atoms with Crippen LogP contribution in [0.4, 0.5) is 0 Å². The molecule has 0 aliphatic carbocycles. The van der Waals surface area contributed by atoms with Gasteiger partial charge in [0.15, 0.2) is 5.78 Å². The highest BCUT2D eigenvalue weighted by atomic mass is 35.5. The van der Waals surface area contributed by atoms with Crippen LogP contribution in [-0.2, 0) is 20.0 Å². The molecule has 1 unspecified atom stereocenters. The molecule has 0 radical (unpaired) electrons. The minimum Gasteiger partial charge on any atom is -0.303 e. The standard InChI is InChI=1S/C14H14ClN3O/c1-18-13(11(15)8-17-18)14(19)12-6-9-4-2-3-5-10(9)7-16-12/h2-5,8,12,16H,6-7H2,1H3. The lowest BCUT2D eigenvalue weighted by atomic mass is 9.93. The molecule has 5 heteroatoms. The average Bonchev–Trinajstić information content (AvgIpc) is 2.77. The second-order valence-electron chi connectivity index (χ2n) is 4.74. The summed E-state index contributed by atoms with van der Waals surface area (Å²) in [5.41, 5.74) is 2.94. The van der Waals surface area contributed by atoms with Crippen molar-refractivity contribution in [1.29, 1.82) is 0 Å². The van der Waals surface area contributed by atoms with E-state index < -0.39 is 0 Å². The second kappa shape index (κ2) is 4.79. The number of benzene rings is 1. The fraction of sp³-hybridized carbons (Fsp3) is 0.286. The van der Waals surface area contributed by atoms with E-state index in [0.717, 1.165) is 0 Å². The van der Waals surface area contributed by atoms with E-state index in [4.69, 9.17) is 11.6 Å². The SMILES string of the molecule is Cn1ncc(Cl)c1C(=O)C1Cc2ccccc2CN1. The molecule has 0 saturated heterocycles. The highest BCUT2D eigenvalue weighted by molar-refractivity contribution is 6.33. The minimum atomic E-state index is -0.234. The molecule has 4 nitrogen and oxygen atoms in total. The van der Waals surface area contributed by atoms with E-state index in [-0.39, 0.29) is 11.8 Å². The molecule has 2 heterocycles. The van der Waals surface area contributed by atoms with Crippen LogP contribution in [0.25, 0.3) is 0 Å².